The van der Waals surface area contributed by atoms with Crippen molar-refractivity contribution in [2.75, 3.05) is 13.2 Å². The van der Waals surface area contributed by atoms with Crippen LogP contribution in [0, 0.1) is 0 Å². The molecule has 51 heavy (non-hydrogen) atoms. The second-order valence-electron chi connectivity index (χ2n) is 15.6. The first-order valence-corrected chi connectivity index (χ1v) is 22.3. The number of thiocarbonyl (C=S) groups is 1. The van der Waals surface area contributed by atoms with Crippen molar-refractivity contribution in [2.24, 2.45) is 0 Å². The number of carbonyl (C=O) groups is 5. The highest BCUT2D eigenvalue weighted by atomic mass is 32.2. The number of ether oxygens (including phenoxy) is 1. The van der Waals surface area contributed by atoms with Gasteiger partial charge in [-0.15, -0.1) is 0 Å². The van der Waals surface area contributed by atoms with E-state index in [1.807, 2.05) is 37.3 Å². The number of ketones is 1. The van der Waals surface area contributed by atoms with E-state index in [2.05, 4.69) is 49.8 Å². The van der Waals surface area contributed by atoms with Gasteiger partial charge in [-0.1, -0.05) is 62.9 Å². The summed E-state index contributed by atoms with van der Waals surface area (Å²) in [6.07, 6.45) is 2.11. The van der Waals surface area contributed by atoms with E-state index in [-0.39, 0.29) is 41.2 Å². The van der Waals surface area contributed by atoms with Crippen LogP contribution in [-0.4, -0.2) is 95.2 Å². The van der Waals surface area contributed by atoms with Crippen LogP contribution in [-0.2, 0) is 39.6 Å². The zero-order valence-corrected chi connectivity index (χ0v) is 34.4. The molecule has 2 saturated heterocycles. The van der Waals surface area contributed by atoms with Crippen LogP contribution in [0.2, 0.25) is 18.1 Å². The highest BCUT2D eigenvalue weighted by Crippen LogP contribution is 2.37. The second kappa shape index (κ2) is 18.3. The van der Waals surface area contributed by atoms with Gasteiger partial charge in [0.05, 0.1) is 6.61 Å². The molecule has 0 saturated carbocycles. The Balaban J connectivity index is 1.81. The Morgan fingerprint density at radius 1 is 1.06 bits per heavy atom. The Morgan fingerprint density at radius 2 is 1.73 bits per heavy atom. The van der Waals surface area contributed by atoms with Crippen molar-refractivity contribution < 1.29 is 33.1 Å². The van der Waals surface area contributed by atoms with Gasteiger partial charge in [-0.3, -0.25) is 24.0 Å². The molecule has 0 aliphatic carbocycles. The van der Waals surface area contributed by atoms with E-state index < -0.39 is 55.8 Å². The third kappa shape index (κ3) is 12.1. The van der Waals surface area contributed by atoms with Gasteiger partial charge < -0.3 is 30.0 Å². The quantitative estimate of drug-likeness (QED) is 0.186. The Kier molecular flexibility index (Phi) is 15.3. The van der Waals surface area contributed by atoms with Crippen LogP contribution < -0.4 is 16.0 Å². The molecule has 284 valence electrons. The number of fused-ring (bicyclic) bond motifs is 1. The molecule has 3 rings (SSSR count). The molecule has 0 spiro atoms. The van der Waals surface area contributed by atoms with Crippen LogP contribution in [0.3, 0.4) is 0 Å². The SMILES string of the molecule is CCOC(=S)SC(CCC(=O)C(C)O[Si](C)(C)C(C)(C)C)CC[C@@H]1NC(=O)[C@H]2CCCN2C(=O)[C@H](Cc2ccccc2)NC(=O)C(C)(C)NC1=O. The van der Waals surface area contributed by atoms with Gasteiger partial charge in [-0.2, -0.15) is 0 Å². The first-order valence-electron chi connectivity index (χ1n) is 18.1. The minimum absolute atomic E-state index is 0.00544. The Morgan fingerprint density at radius 3 is 2.35 bits per heavy atom. The average Bonchev–Trinajstić information content (AvgIpc) is 3.54. The highest BCUT2D eigenvalue weighted by Gasteiger charge is 2.43. The number of benzene rings is 1. The Hall–Kier alpha value is -2.81. The summed E-state index contributed by atoms with van der Waals surface area (Å²) >= 11 is 6.78. The van der Waals surface area contributed by atoms with Gasteiger partial charge in [0.2, 0.25) is 28.0 Å². The van der Waals surface area contributed by atoms with Crippen molar-refractivity contribution in [3.05, 3.63) is 35.9 Å². The molecule has 0 aromatic heterocycles. The molecule has 11 nitrogen and oxygen atoms in total. The van der Waals surface area contributed by atoms with Crippen LogP contribution >= 0.6 is 24.0 Å². The molecule has 1 aromatic carbocycles. The lowest BCUT2D eigenvalue weighted by Crippen LogP contribution is -2.64. The van der Waals surface area contributed by atoms with Crippen LogP contribution in [0.5, 0.6) is 0 Å². The fourth-order valence-corrected chi connectivity index (χ4v) is 8.82. The number of Topliss-reactive ketones (excluding diaryl/α,β-unsaturated/α-hetero) is 1. The number of hydrogen-bond acceptors (Lipinski definition) is 9. The lowest BCUT2D eigenvalue weighted by atomic mass is 9.98. The summed E-state index contributed by atoms with van der Waals surface area (Å²) in [6.45, 7) is 18.2. The number of hydrogen-bond donors (Lipinski definition) is 3. The molecule has 0 radical (unpaired) electrons. The van der Waals surface area contributed by atoms with Crippen LogP contribution in [0.4, 0.5) is 0 Å². The van der Waals surface area contributed by atoms with Crippen molar-refractivity contribution in [1.29, 1.82) is 0 Å². The molecular formula is C37H58N4O7S2Si. The van der Waals surface area contributed by atoms with Crippen molar-refractivity contribution >= 4 is 66.1 Å². The third-order valence-electron chi connectivity index (χ3n) is 10.1. The maximum absolute atomic E-state index is 13.9. The molecule has 2 aliphatic heterocycles. The van der Waals surface area contributed by atoms with Crippen LogP contribution in [0.25, 0.3) is 0 Å². The minimum atomic E-state index is -2.16. The first kappa shape index (κ1) is 42.6. The maximum Gasteiger partial charge on any atom is 0.246 e. The smallest absolute Gasteiger partial charge is 0.246 e. The molecule has 5 atom stereocenters. The molecule has 14 heteroatoms. The van der Waals surface area contributed by atoms with E-state index in [4.69, 9.17) is 21.4 Å². The maximum atomic E-state index is 13.9. The largest absolute Gasteiger partial charge is 0.479 e. The van der Waals surface area contributed by atoms with Gasteiger partial charge in [-0.05, 0) is 95.7 Å². The van der Waals surface area contributed by atoms with Gasteiger partial charge in [0.1, 0.15) is 29.8 Å². The van der Waals surface area contributed by atoms with Crippen molar-refractivity contribution in [2.45, 2.75) is 147 Å². The molecule has 2 unspecified atom stereocenters. The number of amides is 4. The summed E-state index contributed by atoms with van der Waals surface area (Å²) in [6, 6.07) is 6.69. The fourth-order valence-electron chi connectivity index (χ4n) is 5.97. The number of carbonyl (C=O) groups excluding carboxylic acids is 5. The zero-order chi connectivity index (χ0) is 38.1. The summed E-state index contributed by atoms with van der Waals surface area (Å²) in [7, 11) is -2.16. The Bertz CT molecular complexity index is 1420. The molecule has 3 N–H and O–H groups in total. The van der Waals surface area contributed by atoms with Crippen molar-refractivity contribution in [1.82, 2.24) is 20.9 Å². The average molecular weight is 763 g/mol. The normalized spacial score (nSPS) is 22.8. The van der Waals surface area contributed by atoms with E-state index in [9.17, 15) is 24.0 Å². The highest BCUT2D eigenvalue weighted by molar-refractivity contribution is 8.23. The monoisotopic (exact) mass is 762 g/mol. The predicted molar refractivity (Wildman–Crippen MR) is 208 cm³/mol. The number of rotatable bonds is 13. The van der Waals surface area contributed by atoms with E-state index in [1.54, 1.807) is 20.8 Å². The molecule has 0 bridgehead atoms. The van der Waals surface area contributed by atoms with Crippen molar-refractivity contribution in [3.63, 3.8) is 0 Å². The van der Waals surface area contributed by atoms with Gasteiger partial charge in [0.15, 0.2) is 14.1 Å². The predicted octanol–water partition coefficient (Wildman–Crippen LogP) is 5.06. The van der Waals surface area contributed by atoms with E-state index in [0.29, 0.717) is 43.2 Å². The molecule has 2 aliphatic rings. The fraction of sp³-hybridized carbons (Fsp3) is 0.676. The number of thioether (sulfide) groups is 1. The standard InChI is InChI=1S/C37H58N4O7S2Si/c1-10-47-35(49)50-26(19-21-30(42)24(2)48-51(8,9)36(3,4)5)18-20-27-31(43)40-37(6,7)34(46)39-28(23-25-15-12-11-13-16-25)33(45)41-22-14-17-29(41)32(44)38-27/h11-13,15-16,24,26-29H,10,14,17-23H2,1-9H3,(H,38,44)(H,39,46)(H,40,43)/t24?,26?,27-,28-,29+/m0/s1. The summed E-state index contributed by atoms with van der Waals surface area (Å²) < 4.78 is 12.2. The molecule has 2 heterocycles. The second-order valence-corrected chi connectivity index (χ2v) is 22.3. The van der Waals surface area contributed by atoms with Gasteiger partial charge in [0.25, 0.3) is 0 Å². The van der Waals surface area contributed by atoms with E-state index in [0.717, 1.165) is 5.56 Å². The third-order valence-corrected chi connectivity index (χ3v) is 16.2. The first-order chi connectivity index (χ1) is 23.8. The number of nitrogens with one attached hydrogen (secondary N) is 3. The summed E-state index contributed by atoms with van der Waals surface area (Å²) in [5.74, 6) is -1.77. The summed E-state index contributed by atoms with van der Waals surface area (Å²) in [5.41, 5.74) is -0.531. The Labute approximate surface area is 314 Å². The topological polar surface area (TPSA) is 143 Å². The lowest BCUT2D eigenvalue weighted by molar-refractivity contribution is -0.144. The van der Waals surface area contributed by atoms with Crippen molar-refractivity contribution in [3.8, 4) is 0 Å². The lowest BCUT2D eigenvalue weighted by Gasteiger charge is -2.38. The van der Waals surface area contributed by atoms with E-state index in [1.165, 1.54) is 16.7 Å². The molecule has 4 amide bonds. The van der Waals surface area contributed by atoms with Gasteiger partial charge in [-0.25, -0.2) is 0 Å². The van der Waals surface area contributed by atoms with Gasteiger partial charge >= 0.3 is 0 Å². The molecule has 1 aromatic rings. The summed E-state index contributed by atoms with van der Waals surface area (Å²) in [5, 5.41) is 8.39. The summed E-state index contributed by atoms with van der Waals surface area (Å²) in [4.78, 5) is 70.1. The van der Waals surface area contributed by atoms with E-state index >= 15 is 0 Å². The van der Waals surface area contributed by atoms with Gasteiger partial charge in [0, 0.05) is 24.6 Å². The van der Waals surface area contributed by atoms with Crippen LogP contribution in [0.1, 0.15) is 92.6 Å². The minimum Gasteiger partial charge on any atom is -0.479 e. The molecule has 2 fully saturated rings. The van der Waals surface area contributed by atoms with Crippen LogP contribution in [0.15, 0.2) is 30.3 Å². The molecular weight excluding hydrogens is 705 g/mol. The zero-order valence-electron chi connectivity index (χ0n) is 31.8. The number of nitrogens with zero attached hydrogens (tertiary/aromatic N) is 1.